The highest BCUT2D eigenvalue weighted by Crippen LogP contribution is 2.02. The lowest BCUT2D eigenvalue weighted by Gasteiger charge is -2.11. The first-order chi connectivity index (χ1) is 8.52. The zero-order valence-electron chi connectivity index (χ0n) is 9.59. The Morgan fingerprint density at radius 3 is 2.78 bits per heavy atom. The van der Waals surface area contributed by atoms with Gasteiger partial charge in [-0.1, -0.05) is 0 Å². The highest BCUT2D eigenvalue weighted by Gasteiger charge is 2.18. The predicted molar refractivity (Wildman–Crippen MR) is 65.4 cm³/mol. The number of aromatic nitrogens is 1. The molecule has 0 spiro atoms. The van der Waals surface area contributed by atoms with Crippen molar-refractivity contribution >= 4 is 17.6 Å². The summed E-state index contributed by atoms with van der Waals surface area (Å²) >= 11 is 0. The smallest absolute Gasteiger partial charge is 0.327 e. The van der Waals surface area contributed by atoms with Crippen LogP contribution >= 0.6 is 0 Å². The molecule has 0 aliphatic rings. The van der Waals surface area contributed by atoms with Gasteiger partial charge in [-0.3, -0.25) is 9.78 Å². The van der Waals surface area contributed by atoms with Crippen LogP contribution in [0.4, 0.5) is 5.69 Å². The van der Waals surface area contributed by atoms with Crippen molar-refractivity contribution in [2.75, 3.05) is 5.73 Å². The Morgan fingerprint density at radius 1 is 1.56 bits per heavy atom. The fraction of sp³-hybridized carbons (Fsp3) is 0.250. The van der Waals surface area contributed by atoms with E-state index in [0.29, 0.717) is 11.4 Å². The number of carboxylic acids is 1. The Hall–Kier alpha value is -2.55. The molecule has 0 saturated heterocycles. The minimum absolute atomic E-state index is 0.0192. The van der Waals surface area contributed by atoms with Crippen LogP contribution in [0.5, 0.6) is 0 Å². The predicted octanol–water partition coefficient (Wildman–Crippen LogP) is -0.201. The van der Waals surface area contributed by atoms with E-state index in [2.05, 4.69) is 16.2 Å². The van der Waals surface area contributed by atoms with Gasteiger partial charge >= 0.3 is 5.97 Å². The summed E-state index contributed by atoms with van der Waals surface area (Å²) in [7, 11) is 0. The molecule has 0 aromatic carbocycles. The molecule has 0 aliphatic heterocycles. The van der Waals surface area contributed by atoms with Crippen LogP contribution in [0.2, 0.25) is 0 Å². The number of carboxylic acid groups (broad SMARTS) is 1. The van der Waals surface area contributed by atoms with Gasteiger partial charge in [0.15, 0.2) is 0 Å². The number of hydrogen-bond donors (Lipinski definition) is 3. The molecule has 0 bridgehead atoms. The third-order valence-electron chi connectivity index (χ3n) is 2.14. The molecule has 1 atom stereocenters. The fourth-order valence-electron chi connectivity index (χ4n) is 1.27. The van der Waals surface area contributed by atoms with E-state index >= 15 is 0 Å². The average molecular weight is 247 g/mol. The van der Waals surface area contributed by atoms with Crippen molar-refractivity contribution in [1.29, 1.82) is 0 Å². The zero-order valence-corrected chi connectivity index (χ0v) is 9.59. The summed E-state index contributed by atoms with van der Waals surface area (Å²) in [4.78, 5) is 26.3. The molecular weight excluding hydrogens is 234 g/mol. The number of nitrogens with zero attached hydrogens (tertiary/aromatic N) is 1. The largest absolute Gasteiger partial charge is 0.480 e. The van der Waals surface area contributed by atoms with Crippen molar-refractivity contribution in [3.8, 4) is 12.3 Å². The Morgan fingerprint density at radius 2 is 2.28 bits per heavy atom. The van der Waals surface area contributed by atoms with Gasteiger partial charge in [0.2, 0.25) is 5.91 Å². The molecule has 94 valence electrons. The van der Waals surface area contributed by atoms with Gasteiger partial charge in [-0.15, -0.1) is 12.3 Å². The first-order valence-electron chi connectivity index (χ1n) is 5.19. The molecule has 1 heterocycles. The highest BCUT2D eigenvalue weighted by atomic mass is 16.4. The van der Waals surface area contributed by atoms with E-state index in [1.807, 2.05) is 0 Å². The Balaban J connectivity index is 2.58. The van der Waals surface area contributed by atoms with Crippen LogP contribution in [0, 0.1) is 12.3 Å². The summed E-state index contributed by atoms with van der Waals surface area (Å²) in [6.07, 6.45) is 6.37. The quantitative estimate of drug-likeness (QED) is 0.625. The summed E-state index contributed by atoms with van der Waals surface area (Å²) < 4.78 is 0. The Bertz CT molecular complexity index is 476. The van der Waals surface area contributed by atoms with E-state index in [4.69, 9.17) is 17.3 Å². The van der Waals surface area contributed by atoms with Crippen LogP contribution in [0.1, 0.15) is 12.1 Å². The molecule has 4 N–H and O–H groups in total. The van der Waals surface area contributed by atoms with Gasteiger partial charge in [-0.25, -0.2) is 4.79 Å². The number of rotatable bonds is 5. The molecule has 0 saturated carbocycles. The van der Waals surface area contributed by atoms with Crippen molar-refractivity contribution in [1.82, 2.24) is 10.3 Å². The lowest BCUT2D eigenvalue weighted by molar-refractivity contribution is -0.141. The van der Waals surface area contributed by atoms with E-state index in [-0.39, 0.29) is 12.8 Å². The molecule has 1 aromatic rings. The van der Waals surface area contributed by atoms with Gasteiger partial charge in [-0.2, -0.15) is 0 Å². The summed E-state index contributed by atoms with van der Waals surface area (Å²) in [5, 5.41) is 11.1. The Kier molecular flexibility index (Phi) is 4.69. The van der Waals surface area contributed by atoms with Crippen molar-refractivity contribution in [3.05, 3.63) is 24.0 Å². The fourth-order valence-corrected chi connectivity index (χ4v) is 1.27. The summed E-state index contributed by atoms with van der Waals surface area (Å²) in [5.74, 6) is 0.588. The number of anilines is 1. The van der Waals surface area contributed by atoms with Crippen LogP contribution in [-0.2, 0) is 16.0 Å². The number of nitrogen functional groups attached to an aromatic ring is 1. The molecule has 0 radical (unpaired) electrons. The second kappa shape index (κ2) is 6.25. The van der Waals surface area contributed by atoms with Crippen molar-refractivity contribution in [2.24, 2.45) is 0 Å². The number of terminal acetylenes is 1. The van der Waals surface area contributed by atoms with Crippen LogP contribution < -0.4 is 11.1 Å². The maximum Gasteiger partial charge on any atom is 0.327 e. The van der Waals surface area contributed by atoms with Crippen molar-refractivity contribution < 1.29 is 14.7 Å². The lowest BCUT2D eigenvalue weighted by Crippen LogP contribution is -2.41. The number of aliphatic carboxylic acids is 1. The average Bonchev–Trinajstić information content (AvgIpc) is 2.31. The topological polar surface area (TPSA) is 105 Å². The molecular formula is C12H13N3O3. The molecule has 1 aromatic heterocycles. The SMILES string of the molecule is C#CCC(NC(=O)Cc1ccc(N)cn1)C(=O)O. The maximum atomic E-state index is 11.6. The third-order valence-corrected chi connectivity index (χ3v) is 2.14. The van der Waals surface area contributed by atoms with E-state index in [1.54, 1.807) is 12.1 Å². The zero-order chi connectivity index (χ0) is 13.5. The summed E-state index contributed by atoms with van der Waals surface area (Å²) in [6.45, 7) is 0. The summed E-state index contributed by atoms with van der Waals surface area (Å²) in [5.41, 5.74) is 6.46. The molecule has 1 unspecified atom stereocenters. The molecule has 1 rings (SSSR count). The normalized spacial score (nSPS) is 11.3. The molecule has 1 amide bonds. The second-order valence-electron chi connectivity index (χ2n) is 3.63. The van der Waals surface area contributed by atoms with E-state index in [1.165, 1.54) is 6.20 Å². The second-order valence-corrected chi connectivity index (χ2v) is 3.63. The highest BCUT2D eigenvalue weighted by molar-refractivity contribution is 5.84. The number of carbonyl (C=O) groups excluding carboxylic acids is 1. The first kappa shape index (κ1) is 13.5. The minimum atomic E-state index is -1.16. The van der Waals surface area contributed by atoms with Crippen LogP contribution in [0.3, 0.4) is 0 Å². The first-order valence-corrected chi connectivity index (χ1v) is 5.19. The monoisotopic (exact) mass is 247 g/mol. The van der Waals surface area contributed by atoms with Crippen LogP contribution in [0.15, 0.2) is 18.3 Å². The van der Waals surface area contributed by atoms with Gasteiger partial charge in [0.25, 0.3) is 0 Å². The third kappa shape index (κ3) is 4.14. The molecule has 0 fully saturated rings. The maximum absolute atomic E-state index is 11.6. The van der Waals surface area contributed by atoms with Gasteiger partial charge < -0.3 is 16.2 Å². The molecule has 6 nitrogen and oxygen atoms in total. The summed E-state index contributed by atoms with van der Waals surface area (Å²) in [6, 6.07) is 2.15. The number of carbonyl (C=O) groups is 2. The lowest BCUT2D eigenvalue weighted by atomic mass is 10.2. The number of nitrogens with one attached hydrogen (secondary N) is 1. The van der Waals surface area contributed by atoms with Gasteiger partial charge in [0.05, 0.1) is 18.3 Å². The van der Waals surface area contributed by atoms with Gasteiger partial charge in [0.1, 0.15) is 6.04 Å². The van der Waals surface area contributed by atoms with Gasteiger partial charge in [-0.05, 0) is 12.1 Å². The van der Waals surface area contributed by atoms with Crippen LogP contribution in [-0.4, -0.2) is 28.0 Å². The number of hydrogen-bond acceptors (Lipinski definition) is 4. The standard InChI is InChI=1S/C12H13N3O3/c1-2-3-10(12(17)18)15-11(16)6-9-5-4-8(13)7-14-9/h1,4-5,7,10H,3,6,13H2,(H,15,16)(H,17,18). The van der Waals surface area contributed by atoms with E-state index in [0.717, 1.165) is 0 Å². The Labute approximate surface area is 104 Å². The minimum Gasteiger partial charge on any atom is -0.480 e. The molecule has 0 aliphatic carbocycles. The van der Waals surface area contributed by atoms with Gasteiger partial charge in [0, 0.05) is 12.1 Å². The van der Waals surface area contributed by atoms with Crippen molar-refractivity contribution in [3.63, 3.8) is 0 Å². The number of amides is 1. The van der Waals surface area contributed by atoms with Crippen molar-refractivity contribution in [2.45, 2.75) is 18.9 Å². The van der Waals surface area contributed by atoms with Crippen LogP contribution in [0.25, 0.3) is 0 Å². The molecule has 18 heavy (non-hydrogen) atoms. The number of nitrogens with two attached hydrogens (primary N) is 1. The number of pyridine rings is 1. The van der Waals surface area contributed by atoms with E-state index in [9.17, 15) is 9.59 Å². The van der Waals surface area contributed by atoms with E-state index < -0.39 is 17.9 Å². The molecule has 6 heteroatoms.